The molecule has 2 N–H and O–H groups in total. The van der Waals surface area contributed by atoms with Gasteiger partial charge in [-0.05, 0) is 49.1 Å². The van der Waals surface area contributed by atoms with Crippen LogP contribution in [0.5, 0.6) is 0 Å². The van der Waals surface area contributed by atoms with Crippen LogP contribution in [0.4, 0.5) is 5.69 Å². The number of rotatable bonds is 11. The molecule has 3 aromatic rings. The number of anilines is 1. The third-order valence-corrected chi connectivity index (χ3v) is 8.68. The summed E-state index contributed by atoms with van der Waals surface area (Å²) in [6, 6.07) is 18.2. The molecule has 0 unspecified atom stereocenters. The minimum absolute atomic E-state index is 0.243. The molecule has 1 aliphatic heterocycles. The molecule has 0 aliphatic carbocycles. The molecule has 0 radical (unpaired) electrons. The van der Waals surface area contributed by atoms with Gasteiger partial charge in [0.1, 0.15) is 6.54 Å². The summed E-state index contributed by atoms with van der Waals surface area (Å²) in [5.74, 6) is -0.490. The lowest BCUT2D eigenvalue weighted by Crippen LogP contribution is -2.34. The minimum atomic E-state index is -3.97. The number of thioether (sulfide) groups is 1. The predicted octanol–water partition coefficient (Wildman–Crippen LogP) is 4.37. The van der Waals surface area contributed by atoms with Crippen molar-refractivity contribution < 1.29 is 30.5 Å². The van der Waals surface area contributed by atoms with E-state index in [0.29, 0.717) is 38.8 Å². The van der Waals surface area contributed by atoms with Crippen molar-refractivity contribution in [3.63, 3.8) is 0 Å². The standard InChI is InChI=1S/C25H28N2O6S3/c28-35(29,30)17-7-5-14-26-16-13-20(21-9-1-2-10-22(21)26)19-25-27(15-6-8-18-36(31,32)33)23-11-3-4-12-24(23)34-25/h1-4,9-13,16,19H,5-8,14-15,17-18H2,(H-,28,29,30,31,32,33)/p+1. The lowest BCUT2D eigenvalue weighted by molar-refractivity contribution is -0.671. The second kappa shape index (κ2) is 11.3. The summed E-state index contributed by atoms with van der Waals surface area (Å²) >= 11 is 1.67. The number of benzene rings is 2. The van der Waals surface area contributed by atoms with Crippen molar-refractivity contribution in [3.8, 4) is 0 Å². The van der Waals surface area contributed by atoms with Gasteiger partial charge in [-0.25, -0.2) is 0 Å². The van der Waals surface area contributed by atoms with Crippen LogP contribution in [0.3, 0.4) is 0 Å². The van der Waals surface area contributed by atoms with Gasteiger partial charge in [-0.2, -0.15) is 21.4 Å². The molecule has 2 heterocycles. The normalized spacial score (nSPS) is 15.1. The highest BCUT2D eigenvalue weighted by Gasteiger charge is 2.25. The summed E-state index contributed by atoms with van der Waals surface area (Å²) in [7, 11) is -7.92. The molecule has 0 spiro atoms. The van der Waals surface area contributed by atoms with Crippen LogP contribution in [0.2, 0.25) is 0 Å². The van der Waals surface area contributed by atoms with E-state index in [-0.39, 0.29) is 11.5 Å². The molecule has 0 atom stereocenters. The second-order valence-electron chi connectivity index (χ2n) is 8.67. The molecule has 0 fully saturated rings. The zero-order valence-electron chi connectivity index (χ0n) is 19.7. The maximum absolute atomic E-state index is 11.1. The quantitative estimate of drug-likeness (QED) is 0.206. The molecule has 0 bridgehead atoms. The number of hydrogen-bond donors (Lipinski definition) is 2. The van der Waals surface area contributed by atoms with Gasteiger partial charge in [0, 0.05) is 30.0 Å². The van der Waals surface area contributed by atoms with Gasteiger partial charge in [-0.3, -0.25) is 9.11 Å². The van der Waals surface area contributed by atoms with E-state index in [4.69, 9.17) is 9.11 Å². The van der Waals surface area contributed by atoms with Gasteiger partial charge >= 0.3 is 0 Å². The highest BCUT2D eigenvalue weighted by molar-refractivity contribution is 8.03. The molecular weight excluding hydrogens is 520 g/mol. The number of aryl methyl sites for hydroxylation is 1. The summed E-state index contributed by atoms with van der Waals surface area (Å²) in [5.41, 5.74) is 3.15. The van der Waals surface area contributed by atoms with Gasteiger partial charge in [0.05, 0.1) is 27.6 Å². The van der Waals surface area contributed by atoms with Crippen molar-refractivity contribution in [3.05, 3.63) is 71.4 Å². The van der Waals surface area contributed by atoms with Gasteiger partial charge in [-0.1, -0.05) is 36.0 Å². The maximum Gasteiger partial charge on any atom is 0.264 e. The average Bonchev–Trinajstić information content (AvgIpc) is 3.16. The van der Waals surface area contributed by atoms with Crippen LogP contribution in [-0.2, 0) is 26.8 Å². The summed E-state index contributed by atoms with van der Waals surface area (Å²) in [6.45, 7) is 1.26. The first-order valence-corrected chi connectivity index (χ1v) is 15.7. The zero-order chi connectivity index (χ0) is 25.8. The molecule has 36 heavy (non-hydrogen) atoms. The van der Waals surface area contributed by atoms with E-state index in [1.54, 1.807) is 11.8 Å². The Labute approximate surface area is 216 Å². The van der Waals surface area contributed by atoms with Crippen molar-refractivity contribution in [2.75, 3.05) is 23.0 Å². The van der Waals surface area contributed by atoms with E-state index in [2.05, 4.69) is 33.7 Å². The monoisotopic (exact) mass is 549 g/mol. The second-order valence-corrected chi connectivity index (χ2v) is 12.9. The highest BCUT2D eigenvalue weighted by atomic mass is 32.2. The van der Waals surface area contributed by atoms with Crippen LogP contribution >= 0.6 is 11.8 Å². The zero-order valence-corrected chi connectivity index (χ0v) is 22.1. The Balaban J connectivity index is 1.58. The topological polar surface area (TPSA) is 116 Å². The number of hydrogen-bond acceptors (Lipinski definition) is 6. The van der Waals surface area contributed by atoms with E-state index in [1.165, 1.54) is 0 Å². The molecule has 0 amide bonds. The Morgan fingerprint density at radius 2 is 1.50 bits per heavy atom. The number of fused-ring (bicyclic) bond motifs is 2. The largest absolute Gasteiger partial charge is 0.335 e. The smallest absolute Gasteiger partial charge is 0.264 e. The Bertz CT molecular complexity index is 1490. The van der Waals surface area contributed by atoms with Crippen molar-refractivity contribution in [2.24, 2.45) is 0 Å². The Kier molecular flexibility index (Phi) is 8.36. The first-order valence-electron chi connectivity index (χ1n) is 11.7. The Morgan fingerprint density at radius 1 is 0.833 bits per heavy atom. The number of nitrogens with zero attached hydrogens (tertiary/aromatic N) is 2. The summed E-state index contributed by atoms with van der Waals surface area (Å²) in [6.07, 6.45) is 6.13. The van der Waals surface area contributed by atoms with Crippen LogP contribution in [0, 0.1) is 0 Å². The van der Waals surface area contributed by atoms with E-state index >= 15 is 0 Å². The third-order valence-electron chi connectivity index (χ3n) is 5.96. The molecular formula is C25H29N2O6S3+. The summed E-state index contributed by atoms with van der Waals surface area (Å²) < 4.78 is 64.3. The van der Waals surface area contributed by atoms with Gasteiger partial charge < -0.3 is 4.90 Å². The lowest BCUT2D eigenvalue weighted by Gasteiger charge is -2.20. The fraction of sp³-hybridized carbons (Fsp3) is 0.320. The molecule has 4 rings (SSSR count). The highest BCUT2D eigenvalue weighted by Crippen LogP contribution is 2.46. The molecule has 0 saturated heterocycles. The van der Waals surface area contributed by atoms with E-state index in [0.717, 1.165) is 32.1 Å². The third kappa shape index (κ3) is 7.07. The van der Waals surface area contributed by atoms with E-state index in [1.807, 2.05) is 42.6 Å². The van der Waals surface area contributed by atoms with E-state index < -0.39 is 20.2 Å². The lowest BCUT2D eigenvalue weighted by atomic mass is 10.1. The van der Waals surface area contributed by atoms with Crippen LogP contribution in [0.25, 0.3) is 17.0 Å². The Hall–Kier alpha value is -2.44. The van der Waals surface area contributed by atoms with Crippen molar-refractivity contribution in [2.45, 2.75) is 37.1 Å². The van der Waals surface area contributed by atoms with Gasteiger partial charge in [0.25, 0.3) is 20.2 Å². The van der Waals surface area contributed by atoms with Gasteiger partial charge in [0.15, 0.2) is 6.20 Å². The first kappa shape index (κ1) is 26.6. The molecule has 0 saturated carbocycles. The number of pyridine rings is 1. The molecule has 2 aromatic carbocycles. The average molecular weight is 550 g/mol. The minimum Gasteiger partial charge on any atom is -0.335 e. The van der Waals surface area contributed by atoms with Crippen LogP contribution in [0.1, 0.15) is 31.2 Å². The fourth-order valence-electron chi connectivity index (χ4n) is 4.27. The molecule has 1 aromatic heterocycles. The Morgan fingerprint density at radius 3 is 2.25 bits per heavy atom. The van der Waals surface area contributed by atoms with Gasteiger partial charge in [-0.15, -0.1) is 0 Å². The van der Waals surface area contributed by atoms with Crippen molar-refractivity contribution >= 4 is 54.7 Å². The van der Waals surface area contributed by atoms with Gasteiger partial charge in [0.2, 0.25) is 5.52 Å². The summed E-state index contributed by atoms with van der Waals surface area (Å²) in [5, 5.41) is 2.10. The van der Waals surface area contributed by atoms with E-state index in [9.17, 15) is 16.8 Å². The van der Waals surface area contributed by atoms with Crippen molar-refractivity contribution in [1.29, 1.82) is 0 Å². The number of unbranched alkanes of at least 4 members (excludes halogenated alkanes) is 2. The number of aromatic nitrogens is 1. The fourth-order valence-corrected chi connectivity index (χ4v) is 6.55. The maximum atomic E-state index is 11.1. The van der Waals surface area contributed by atoms with Crippen LogP contribution in [-0.4, -0.2) is 44.0 Å². The predicted molar refractivity (Wildman–Crippen MR) is 143 cm³/mol. The number of para-hydroxylation sites is 2. The van der Waals surface area contributed by atoms with Crippen LogP contribution < -0.4 is 9.47 Å². The molecule has 11 heteroatoms. The SMILES string of the molecule is O=S(=O)(O)CCCCN1C(=Cc2cc[n+](CCCCS(=O)(=O)O)c3ccccc23)Sc2ccccc21. The van der Waals surface area contributed by atoms with Crippen LogP contribution in [0.15, 0.2) is 70.7 Å². The molecule has 8 nitrogen and oxygen atoms in total. The molecule has 1 aliphatic rings. The first-order chi connectivity index (χ1) is 17.1. The summed E-state index contributed by atoms with van der Waals surface area (Å²) in [4.78, 5) is 3.32. The molecule has 192 valence electrons. The van der Waals surface area contributed by atoms with Crippen molar-refractivity contribution in [1.82, 2.24) is 0 Å².